The van der Waals surface area contributed by atoms with E-state index in [0.717, 1.165) is 49.4 Å². The van der Waals surface area contributed by atoms with Crippen LogP contribution in [0.15, 0.2) is 29.3 Å². The second kappa shape index (κ2) is 10.3. The second-order valence-electron chi connectivity index (χ2n) is 6.64. The van der Waals surface area contributed by atoms with Crippen LogP contribution in [-0.2, 0) is 4.79 Å². The van der Waals surface area contributed by atoms with Crippen molar-refractivity contribution in [3.63, 3.8) is 0 Å². The molecule has 26 heavy (non-hydrogen) atoms. The minimum Gasteiger partial charge on any atom is -0.368 e. The molecule has 0 radical (unpaired) electrons. The summed E-state index contributed by atoms with van der Waals surface area (Å²) < 4.78 is 0. The van der Waals surface area contributed by atoms with E-state index in [4.69, 9.17) is 11.6 Å². The Morgan fingerprint density at radius 2 is 1.96 bits per heavy atom. The molecular weight excluding hydrogens is 350 g/mol. The molecule has 0 aromatic heterocycles. The van der Waals surface area contributed by atoms with Crippen LogP contribution in [0.25, 0.3) is 0 Å². The van der Waals surface area contributed by atoms with Crippen molar-refractivity contribution in [3.05, 3.63) is 29.3 Å². The summed E-state index contributed by atoms with van der Waals surface area (Å²) in [6, 6.07) is 7.99. The molecule has 7 heteroatoms. The average molecular weight is 380 g/mol. The molecule has 1 aliphatic rings. The molecule has 1 aromatic carbocycles. The molecule has 6 nitrogen and oxygen atoms in total. The van der Waals surface area contributed by atoms with E-state index in [0.29, 0.717) is 13.1 Å². The van der Waals surface area contributed by atoms with E-state index < -0.39 is 0 Å². The summed E-state index contributed by atoms with van der Waals surface area (Å²) in [6.45, 7) is 11.5. The predicted octanol–water partition coefficient (Wildman–Crippen LogP) is 2.20. The first-order valence-corrected chi connectivity index (χ1v) is 9.70. The Balaban J connectivity index is 1.86. The average Bonchev–Trinajstić information content (AvgIpc) is 2.64. The lowest BCUT2D eigenvalue weighted by Crippen LogP contribution is -2.52. The van der Waals surface area contributed by atoms with Crippen LogP contribution in [0.3, 0.4) is 0 Å². The summed E-state index contributed by atoms with van der Waals surface area (Å²) in [5.41, 5.74) is 1.16. The van der Waals surface area contributed by atoms with Gasteiger partial charge in [0, 0.05) is 55.9 Å². The number of anilines is 1. The molecule has 144 valence electrons. The number of carbonyl (C=O) groups is 1. The zero-order valence-corrected chi connectivity index (χ0v) is 16.7. The quantitative estimate of drug-likeness (QED) is 0.452. The number of hydrogen-bond acceptors (Lipinski definition) is 3. The van der Waals surface area contributed by atoms with Gasteiger partial charge in [0.05, 0.1) is 6.54 Å². The number of amides is 1. The molecule has 1 aromatic rings. The zero-order valence-electron chi connectivity index (χ0n) is 16.0. The lowest BCUT2D eigenvalue weighted by atomic mass is 10.2. The SMILES string of the molecule is CCNC(=NCCNC(=O)C(C)C)N1CCN(c2cccc(Cl)c2)CC1. The Hall–Kier alpha value is -1.95. The molecule has 0 atom stereocenters. The highest BCUT2D eigenvalue weighted by atomic mass is 35.5. The van der Waals surface area contributed by atoms with Crippen molar-refractivity contribution in [3.8, 4) is 0 Å². The monoisotopic (exact) mass is 379 g/mol. The highest BCUT2D eigenvalue weighted by Gasteiger charge is 2.19. The van der Waals surface area contributed by atoms with Gasteiger partial charge in [0.25, 0.3) is 0 Å². The van der Waals surface area contributed by atoms with Crippen molar-refractivity contribution < 1.29 is 4.79 Å². The minimum atomic E-state index is 0.00628. The van der Waals surface area contributed by atoms with E-state index in [9.17, 15) is 4.79 Å². The Morgan fingerprint density at radius 3 is 2.58 bits per heavy atom. The molecule has 0 saturated carbocycles. The van der Waals surface area contributed by atoms with Crippen LogP contribution in [0.4, 0.5) is 5.69 Å². The molecule has 0 bridgehead atoms. The van der Waals surface area contributed by atoms with E-state index >= 15 is 0 Å². The fraction of sp³-hybridized carbons (Fsp3) is 0.579. The van der Waals surface area contributed by atoms with Gasteiger partial charge in [0.2, 0.25) is 5.91 Å². The number of guanidine groups is 1. The first-order valence-electron chi connectivity index (χ1n) is 9.32. The number of halogens is 1. The summed E-state index contributed by atoms with van der Waals surface area (Å²) >= 11 is 6.10. The Bertz CT molecular complexity index is 612. The fourth-order valence-electron chi connectivity index (χ4n) is 2.82. The summed E-state index contributed by atoms with van der Waals surface area (Å²) in [5.74, 6) is 0.990. The standard InChI is InChI=1S/C19H30ClN5O/c1-4-21-19(23-9-8-22-18(26)15(2)3)25-12-10-24(11-13-25)17-7-5-6-16(20)14-17/h5-7,14-15H,4,8-13H2,1-3H3,(H,21,23)(H,22,26). The Kier molecular flexibility index (Phi) is 8.04. The maximum atomic E-state index is 11.6. The van der Waals surface area contributed by atoms with Gasteiger partial charge in [0.1, 0.15) is 0 Å². The van der Waals surface area contributed by atoms with Crippen LogP contribution in [0.5, 0.6) is 0 Å². The number of hydrogen-bond donors (Lipinski definition) is 2. The first-order chi connectivity index (χ1) is 12.5. The lowest BCUT2D eigenvalue weighted by molar-refractivity contribution is -0.123. The number of nitrogens with zero attached hydrogens (tertiary/aromatic N) is 3. The van der Waals surface area contributed by atoms with Gasteiger partial charge >= 0.3 is 0 Å². The van der Waals surface area contributed by atoms with Gasteiger partial charge in [-0.15, -0.1) is 0 Å². The largest absolute Gasteiger partial charge is 0.368 e. The molecular formula is C19H30ClN5O. The number of nitrogens with one attached hydrogen (secondary N) is 2. The summed E-state index contributed by atoms with van der Waals surface area (Å²) in [7, 11) is 0. The van der Waals surface area contributed by atoms with Crippen molar-refractivity contribution >= 4 is 29.2 Å². The topological polar surface area (TPSA) is 60.0 Å². The van der Waals surface area contributed by atoms with Gasteiger partial charge < -0.3 is 20.4 Å². The minimum absolute atomic E-state index is 0.00628. The molecule has 1 fully saturated rings. The van der Waals surface area contributed by atoms with E-state index in [1.807, 2.05) is 32.0 Å². The maximum Gasteiger partial charge on any atom is 0.222 e. The van der Waals surface area contributed by atoms with Crippen LogP contribution >= 0.6 is 11.6 Å². The number of benzene rings is 1. The first kappa shape index (κ1) is 20.4. The normalized spacial score (nSPS) is 15.3. The highest BCUT2D eigenvalue weighted by Crippen LogP contribution is 2.20. The number of piperazine rings is 1. The summed E-state index contributed by atoms with van der Waals surface area (Å²) in [5, 5.41) is 7.02. The second-order valence-corrected chi connectivity index (χ2v) is 7.07. The molecule has 2 rings (SSSR count). The lowest BCUT2D eigenvalue weighted by Gasteiger charge is -2.37. The van der Waals surface area contributed by atoms with Crippen molar-refractivity contribution in [1.82, 2.24) is 15.5 Å². The smallest absolute Gasteiger partial charge is 0.222 e. The molecule has 1 heterocycles. The van der Waals surface area contributed by atoms with Gasteiger partial charge in [-0.1, -0.05) is 31.5 Å². The van der Waals surface area contributed by atoms with Crippen LogP contribution in [0, 0.1) is 5.92 Å². The molecule has 0 spiro atoms. The highest BCUT2D eigenvalue weighted by molar-refractivity contribution is 6.30. The molecule has 0 unspecified atom stereocenters. The third kappa shape index (κ3) is 6.09. The molecule has 1 saturated heterocycles. The number of rotatable bonds is 6. The number of aliphatic imine (C=N–C) groups is 1. The summed E-state index contributed by atoms with van der Waals surface area (Å²) in [4.78, 5) is 20.9. The van der Waals surface area contributed by atoms with Crippen LogP contribution < -0.4 is 15.5 Å². The predicted molar refractivity (Wildman–Crippen MR) is 109 cm³/mol. The van der Waals surface area contributed by atoms with Crippen molar-refractivity contribution in [2.75, 3.05) is 50.7 Å². The molecule has 2 N–H and O–H groups in total. The van der Waals surface area contributed by atoms with Crippen molar-refractivity contribution in [2.45, 2.75) is 20.8 Å². The third-order valence-electron chi connectivity index (χ3n) is 4.28. The van der Waals surface area contributed by atoms with E-state index in [-0.39, 0.29) is 11.8 Å². The van der Waals surface area contributed by atoms with Gasteiger partial charge in [0.15, 0.2) is 5.96 Å². The van der Waals surface area contributed by atoms with Gasteiger partial charge in [-0.25, -0.2) is 0 Å². The summed E-state index contributed by atoms with van der Waals surface area (Å²) in [6.07, 6.45) is 0. The van der Waals surface area contributed by atoms with Crippen LogP contribution in [-0.4, -0.2) is 62.6 Å². The molecule has 1 amide bonds. The van der Waals surface area contributed by atoms with Crippen LogP contribution in [0.2, 0.25) is 5.02 Å². The molecule has 0 aliphatic carbocycles. The van der Waals surface area contributed by atoms with Gasteiger partial charge in [-0.3, -0.25) is 9.79 Å². The number of carbonyl (C=O) groups excluding carboxylic acids is 1. The Morgan fingerprint density at radius 1 is 1.23 bits per heavy atom. The van der Waals surface area contributed by atoms with E-state index in [2.05, 4.69) is 38.4 Å². The van der Waals surface area contributed by atoms with Crippen molar-refractivity contribution in [2.24, 2.45) is 10.9 Å². The van der Waals surface area contributed by atoms with Crippen LogP contribution in [0.1, 0.15) is 20.8 Å². The van der Waals surface area contributed by atoms with Crippen molar-refractivity contribution in [1.29, 1.82) is 0 Å². The maximum absolute atomic E-state index is 11.6. The van der Waals surface area contributed by atoms with Gasteiger partial charge in [-0.05, 0) is 25.1 Å². The van der Waals surface area contributed by atoms with E-state index in [1.54, 1.807) is 0 Å². The fourth-order valence-corrected chi connectivity index (χ4v) is 3.00. The zero-order chi connectivity index (χ0) is 18.9. The Labute approximate surface area is 161 Å². The van der Waals surface area contributed by atoms with Gasteiger partial charge in [-0.2, -0.15) is 0 Å². The van der Waals surface area contributed by atoms with E-state index in [1.165, 1.54) is 0 Å². The third-order valence-corrected chi connectivity index (χ3v) is 4.52. The molecule has 1 aliphatic heterocycles.